The molecule has 0 bridgehead atoms. The van der Waals surface area contributed by atoms with Crippen LogP contribution in [0.3, 0.4) is 0 Å². The third-order valence-corrected chi connectivity index (χ3v) is 5.92. The summed E-state index contributed by atoms with van der Waals surface area (Å²) in [6, 6.07) is 5.72. The SMILES string of the molecule is CC(O)c1ccc(N2CCS(=O)(=O)CC2C)cc1Br. The average Bonchev–Trinajstić information content (AvgIpc) is 2.26. The number of benzene rings is 1. The maximum absolute atomic E-state index is 11.6. The summed E-state index contributed by atoms with van der Waals surface area (Å²) >= 11 is 3.45. The maximum Gasteiger partial charge on any atom is 0.154 e. The minimum atomic E-state index is -2.90. The molecule has 1 aliphatic rings. The van der Waals surface area contributed by atoms with Crippen LogP contribution in [0.2, 0.25) is 0 Å². The predicted octanol–water partition coefficient (Wildman–Crippen LogP) is 2.13. The van der Waals surface area contributed by atoms with E-state index in [-0.39, 0.29) is 17.5 Å². The summed E-state index contributed by atoms with van der Waals surface area (Å²) < 4.78 is 24.0. The number of anilines is 1. The molecular weight excluding hydrogens is 330 g/mol. The number of nitrogens with zero attached hydrogens (tertiary/aromatic N) is 1. The lowest BCUT2D eigenvalue weighted by Crippen LogP contribution is -2.47. The van der Waals surface area contributed by atoms with Gasteiger partial charge in [0.05, 0.1) is 17.6 Å². The first-order valence-corrected chi connectivity index (χ1v) is 8.86. The third kappa shape index (κ3) is 3.30. The molecule has 1 aromatic carbocycles. The Morgan fingerprint density at radius 3 is 2.68 bits per heavy atom. The van der Waals surface area contributed by atoms with Crippen molar-refractivity contribution in [3.63, 3.8) is 0 Å². The summed E-state index contributed by atoms with van der Waals surface area (Å²) in [5, 5.41) is 9.60. The standard InChI is InChI=1S/C13H18BrNO3S/c1-9-8-19(17,18)6-5-15(9)11-3-4-12(10(2)16)13(14)7-11/h3-4,7,9-10,16H,5-6,8H2,1-2H3. The van der Waals surface area contributed by atoms with Crippen molar-refractivity contribution in [1.82, 2.24) is 0 Å². The molecule has 0 aromatic heterocycles. The Morgan fingerprint density at radius 1 is 1.47 bits per heavy atom. The fourth-order valence-electron chi connectivity index (χ4n) is 2.42. The average molecular weight is 348 g/mol. The number of halogens is 1. The summed E-state index contributed by atoms with van der Waals surface area (Å²) in [7, 11) is -2.90. The number of aliphatic hydroxyl groups is 1. The van der Waals surface area contributed by atoms with E-state index in [1.807, 2.05) is 25.1 Å². The van der Waals surface area contributed by atoms with Gasteiger partial charge in [-0.25, -0.2) is 8.42 Å². The molecule has 1 aliphatic heterocycles. The van der Waals surface area contributed by atoms with E-state index >= 15 is 0 Å². The maximum atomic E-state index is 11.6. The zero-order valence-corrected chi connectivity index (χ0v) is 13.4. The van der Waals surface area contributed by atoms with Crippen molar-refractivity contribution in [2.45, 2.75) is 26.0 Å². The zero-order chi connectivity index (χ0) is 14.2. The molecule has 0 spiro atoms. The monoisotopic (exact) mass is 347 g/mol. The molecule has 0 aliphatic carbocycles. The first kappa shape index (κ1) is 14.8. The van der Waals surface area contributed by atoms with Crippen molar-refractivity contribution in [3.05, 3.63) is 28.2 Å². The highest BCUT2D eigenvalue weighted by molar-refractivity contribution is 9.10. The highest BCUT2D eigenvalue weighted by Gasteiger charge is 2.28. The van der Waals surface area contributed by atoms with Crippen LogP contribution in [-0.2, 0) is 9.84 Å². The fourth-order valence-corrected chi connectivity index (χ4v) is 4.67. The second-order valence-electron chi connectivity index (χ2n) is 5.04. The van der Waals surface area contributed by atoms with Crippen LogP contribution in [0.5, 0.6) is 0 Å². The van der Waals surface area contributed by atoms with Gasteiger partial charge in [0.1, 0.15) is 0 Å². The highest BCUT2D eigenvalue weighted by Crippen LogP contribution is 2.30. The van der Waals surface area contributed by atoms with Gasteiger partial charge in [-0.3, -0.25) is 0 Å². The van der Waals surface area contributed by atoms with E-state index in [4.69, 9.17) is 0 Å². The summed E-state index contributed by atoms with van der Waals surface area (Å²) in [6.07, 6.45) is -0.525. The van der Waals surface area contributed by atoms with Crippen molar-refractivity contribution in [2.24, 2.45) is 0 Å². The second kappa shape index (κ2) is 5.42. The lowest BCUT2D eigenvalue weighted by atomic mass is 10.1. The van der Waals surface area contributed by atoms with Gasteiger partial charge < -0.3 is 10.0 Å². The van der Waals surface area contributed by atoms with Crippen LogP contribution < -0.4 is 4.90 Å². The summed E-state index contributed by atoms with van der Waals surface area (Å²) in [4.78, 5) is 2.09. The van der Waals surface area contributed by atoms with Gasteiger partial charge in [0.15, 0.2) is 9.84 Å². The summed E-state index contributed by atoms with van der Waals surface area (Å²) in [5.74, 6) is 0.399. The Hall–Kier alpha value is -0.590. The van der Waals surface area contributed by atoms with Crippen molar-refractivity contribution in [1.29, 1.82) is 0 Å². The number of hydrogen-bond acceptors (Lipinski definition) is 4. The second-order valence-corrected chi connectivity index (χ2v) is 8.12. The number of aliphatic hydroxyl groups excluding tert-OH is 1. The fraction of sp³-hybridized carbons (Fsp3) is 0.538. The first-order chi connectivity index (χ1) is 8.80. The summed E-state index contributed by atoms with van der Waals surface area (Å²) in [5.41, 5.74) is 1.82. The molecule has 2 unspecified atom stereocenters. The Morgan fingerprint density at radius 2 is 2.16 bits per heavy atom. The number of hydrogen-bond donors (Lipinski definition) is 1. The van der Waals surface area contributed by atoms with Crippen LogP contribution in [0.4, 0.5) is 5.69 Å². The Balaban J connectivity index is 2.26. The molecule has 1 heterocycles. The largest absolute Gasteiger partial charge is 0.389 e. The lowest BCUT2D eigenvalue weighted by molar-refractivity contribution is 0.198. The lowest BCUT2D eigenvalue weighted by Gasteiger charge is -2.35. The molecule has 1 N–H and O–H groups in total. The molecule has 2 atom stereocenters. The van der Waals surface area contributed by atoms with Gasteiger partial charge in [0.2, 0.25) is 0 Å². The molecule has 19 heavy (non-hydrogen) atoms. The van der Waals surface area contributed by atoms with E-state index in [0.29, 0.717) is 6.54 Å². The van der Waals surface area contributed by atoms with Gasteiger partial charge in [-0.15, -0.1) is 0 Å². The van der Waals surface area contributed by atoms with E-state index in [2.05, 4.69) is 20.8 Å². The minimum absolute atomic E-state index is 0.0250. The topological polar surface area (TPSA) is 57.6 Å². The Bertz CT molecular complexity index is 571. The third-order valence-electron chi connectivity index (χ3n) is 3.44. The van der Waals surface area contributed by atoms with Crippen LogP contribution >= 0.6 is 15.9 Å². The van der Waals surface area contributed by atoms with Gasteiger partial charge in [0, 0.05) is 22.7 Å². The van der Waals surface area contributed by atoms with E-state index in [0.717, 1.165) is 15.7 Å². The molecule has 1 aromatic rings. The molecule has 0 saturated carbocycles. The van der Waals surface area contributed by atoms with Crippen LogP contribution in [0.1, 0.15) is 25.5 Å². The molecule has 2 rings (SSSR count). The molecule has 106 valence electrons. The van der Waals surface area contributed by atoms with Gasteiger partial charge in [-0.1, -0.05) is 22.0 Å². The molecule has 1 fully saturated rings. The van der Waals surface area contributed by atoms with E-state index in [9.17, 15) is 13.5 Å². The molecule has 0 radical (unpaired) electrons. The van der Waals surface area contributed by atoms with Gasteiger partial charge in [0.25, 0.3) is 0 Å². The molecular formula is C13H18BrNO3S. The quantitative estimate of drug-likeness (QED) is 0.890. The Kier molecular flexibility index (Phi) is 4.23. The predicted molar refractivity (Wildman–Crippen MR) is 80.2 cm³/mol. The van der Waals surface area contributed by atoms with Gasteiger partial charge in [-0.05, 0) is 31.5 Å². The van der Waals surface area contributed by atoms with Crippen LogP contribution in [-0.4, -0.2) is 37.6 Å². The molecule has 0 amide bonds. The van der Waals surface area contributed by atoms with E-state index in [1.54, 1.807) is 6.92 Å². The van der Waals surface area contributed by atoms with Crippen molar-refractivity contribution >= 4 is 31.5 Å². The normalized spacial score (nSPS) is 24.2. The summed E-state index contributed by atoms with van der Waals surface area (Å²) in [6.45, 7) is 4.16. The first-order valence-electron chi connectivity index (χ1n) is 6.25. The Labute approximate surface area is 122 Å². The number of sulfone groups is 1. The van der Waals surface area contributed by atoms with Gasteiger partial charge >= 0.3 is 0 Å². The smallest absolute Gasteiger partial charge is 0.154 e. The molecule has 1 saturated heterocycles. The zero-order valence-electron chi connectivity index (χ0n) is 11.0. The van der Waals surface area contributed by atoms with Crippen LogP contribution in [0.15, 0.2) is 22.7 Å². The van der Waals surface area contributed by atoms with Crippen LogP contribution in [0, 0.1) is 0 Å². The van der Waals surface area contributed by atoms with Crippen molar-refractivity contribution in [3.8, 4) is 0 Å². The molecule has 4 nitrogen and oxygen atoms in total. The highest BCUT2D eigenvalue weighted by atomic mass is 79.9. The van der Waals surface area contributed by atoms with E-state index < -0.39 is 15.9 Å². The van der Waals surface area contributed by atoms with Crippen molar-refractivity contribution < 1.29 is 13.5 Å². The van der Waals surface area contributed by atoms with Gasteiger partial charge in [-0.2, -0.15) is 0 Å². The van der Waals surface area contributed by atoms with Crippen molar-refractivity contribution in [2.75, 3.05) is 23.0 Å². The number of rotatable bonds is 2. The minimum Gasteiger partial charge on any atom is -0.389 e. The van der Waals surface area contributed by atoms with E-state index in [1.165, 1.54) is 0 Å². The molecule has 6 heteroatoms. The van der Waals surface area contributed by atoms with Crippen LogP contribution in [0.25, 0.3) is 0 Å².